The Hall–Kier alpha value is -2.77. The highest BCUT2D eigenvalue weighted by Gasteiger charge is 2.17. The number of imide groups is 1. The van der Waals surface area contributed by atoms with E-state index in [9.17, 15) is 9.59 Å². The topological polar surface area (TPSA) is 102 Å². The molecular formula is C16H20N6O2. The molecule has 1 saturated carbocycles. The summed E-state index contributed by atoms with van der Waals surface area (Å²) in [7, 11) is 0. The second-order valence-corrected chi connectivity index (χ2v) is 5.87. The van der Waals surface area contributed by atoms with Crippen molar-refractivity contribution >= 4 is 11.9 Å². The van der Waals surface area contributed by atoms with E-state index in [0.29, 0.717) is 5.82 Å². The average molecular weight is 328 g/mol. The Morgan fingerprint density at radius 2 is 1.88 bits per heavy atom. The molecule has 0 unspecified atom stereocenters. The number of benzene rings is 1. The zero-order valence-corrected chi connectivity index (χ0v) is 13.3. The highest BCUT2D eigenvalue weighted by atomic mass is 16.2. The summed E-state index contributed by atoms with van der Waals surface area (Å²) in [6, 6.07) is 9.05. The number of carbonyl (C=O) groups is 2. The molecule has 3 amide bonds. The van der Waals surface area contributed by atoms with Crippen LogP contribution in [-0.2, 0) is 11.3 Å². The third-order valence-electron chi connectivity index (χ3n) is 3.96. The highest BCUT2D eigenvalue weighted by Crippen LogP contribution is 2.17. The largest absolute Gasteiger partial charge is 0.335 e. The Morgan fingerprint density at radius 1 is 1.12 bits per heavy atom. The van der Waals surface area contributed by atoms with Gasteiger partial charge in [0.1, 0.15) is 6.54 Å². The summed E-state index contributed by atoms with van der Waals surface area (Å²) in [6.07, 6.45) is 5.37. The van der Waals surface area contributed by atoms with Crippen LogP contribution >= 0.6 is 0 Å². The first-order valence-corrected chi connectivity index (χ1v) is 8.14. The maximum absolute atomic E-state index is 11.9. The number of urea groups is 1. The number of tetrazole rings is 1. The molecule has 8 nitrogen and oxygen atoms in total. The number of amides is 3. The predicted molar refractivity (Wildman–Crippen MR) is 86.8 cm³/mol. The van der Waals surface area contributed by atoms with Crippen molar-refractivity contribution in [3.63, 3.8) is 0 Å². The van der Waals surface area contributed by atoms with Crippen LogP contribution in [0.3, 0.4) is 0 Å². The highest BCUT2D eigenvalue weighted by molar-refractivity contribution is 5.94. The fourth-order valence-corrected chi connectivity index (χ4v) is 2.78. The minimum absolute atomic E-state index is 0.153. The van der Waals surface area contributed by atoms with Gasteiger partial charge < -0.3 is 5.32 Å². The fourth-order valence-electron chi connectivity index (χ4n) is 2.78. The van der Waals surface area contributed by atoms with Crippen LogP contribution in [0.4, 0.5) is 4.79 Å². The molecule has 1 fully saturated rings. The molecular weight excluding hydrogens is 308 g/mol. The van der Waals surface area contributed by atoms with Crippen molar-refractivity contribution < 1.29 is 9.59 Å². The van der Waals surface area contributed by atoms with Crippen LogP contribution in [0.25, 0.3) is 11.4 Å². The summed E-state index contributed by atoms with van der Waals surface area (Å²) in [4.78, 5) is 24.9. The van der Waals surface area contributed by atoms with E-state index in [0.717, 1.165) is 31.2 Å². The third kappa shape index (κ3) is 4.37. The Morgan fingerprint density at radius 3 is 2.62 bits per heavy atom. The minimum atomic E-state index is -0.472. The van der Waals surface area contributed by atoms with Gasteiger partial charge in [-0.1, -0.05) is 49.6 Å². The molecule has 0 atom stereocenters. The fraction of sp³-hybridized carbons (Fsp3) is 0.438. The van der Waals surface area contributed by atoms with Crippen molar-refractivity contribution in [3.8, 4) is 11.4 Å². The van der Waals surface area contributed by atoms with Gasteiger partial charge in [-0.25, -0.2) is 4.79 Å². The Kier molecular flexibility index (Phi) is 5.15. The maximum Gasteiger partial charge on any atom is 0.321 e. The number of carbonyl (C=O) groups excluding carboxylic acids is 2. The Balaban J connectivity index is 1.50. The second-order valence-electron chi connectivity index (χ2n) is 5.87. The van der Waals surface area contributed by atoms with Gasteiger partial charge in [0.25, 0.3) is 5.91 Å². The third-order valence-corrected chi connectivity index (χ3v) is 3.96. The SMILES string of the molecule is O=C(Cn1nnc(-c2ccccc2)n1)NC(=O)NC1CCCCC1. The van der Waals surface area contributed by atoms with Gasteiger partial charge in [-0.3, -0.25) is 10.1 Å². The number of rotatable bonds is 4. The van der Waals surface area contributed by atoms with E-state index in [1.807, 2.05) is 30.3 Å². The van der Waals surface area contributed by atoms with Crippen LogP contribution in [-0.4, -0.2) is 38.2 Å². The number of nitrogens with zero attached hydrogens (tertiary/aromatic N) is 4. The van der Waals surface area contributed by atoms with Gasteiger partial charge in [0.15, 0.2) is 0 Å². The van der Waals surface area contributed by atoms with E-state index in [2.05, 4.69) is 26.0 Å². The van der Waals surface area contributed by atoms with Gasteiger partial charge in [0.2, 0.25) is 5.82 Å². The van der Waals surface area contributed by atoms with Crippen molar-refractivity contribution in [2.75, 3.05) is 0 Å². The summed E-state index contributed by atoms with van der Waals surface area (Å²) in [5, 5.41) is 17.0. The number of aromatic nitrogens is 4. The van der Waals surface area contributed by atoms with E-state index in [4.69, 9.17) is 0 Å². The van der Waals surface area contributed by atoms with Crippen LogP contribution in [0.15, 0.2) is 30.3 Å². The van der Waals surface area contributed by atoms with Crippen LogP contribution < -0.4 is 10.6 Å². The van der Waals surface area contributed by atoms with E-state index in [-0.39, 0.29) is 12.6 Å². The minimum Gasteiger partial charge on any atom is -0.335 e. The molecule has 2 N–H and O–H groups in total. The standard InChI is InChI=1S/C16H20N6O2/c23-14(18-16(24)17-13-9-5-2-6-10-13)11-22-20-15(19-21-22)12-7-3-1-4-8-12/h1,3-4,7-8,13H,2,5-6,9-11H2,(H2,17,18,23,24). The molecule has 0 aliphatic heterocycles. The van der Waals surface area contributed by atoms with Gasteiger partial charge in [0.05, 0.1) is 0 Å². The molecule has 0 saturated heterocycles. The van der Waals surface area contributed by atoms with Crippen LogP contribution in [0, 0.1) is 0 Å². The Bertz CT molecular complexity index is 694. The number of hydrogen-bond acceptors (Lipinski definition) is 5. The molecule has 0 radical (unpaired) electrons. The monoisotopic (exact) mass is 328 g/mol. The molecule has 126 valence electrons. The molecule has 3 rings (SSSR count). The second kappa shape index (κ2) is 7.67. The van der Waals surface area contributed by atoms with Gasteiger partial charge >= 0.3 is 6.03 Å². The normalized spacial score (nSPS) is 15.0. The quantitative estimate of drug-likeness (QED) is 0.885. The van der Waals surface area contributed by atoms with E-state index in [1.165, 1.54) is 11.2 Å². The molecule has 1 heterocycles. The lowest BCUT2D eigenvalue weighted by Crippen LogP contribution is -2.46. The Labute approximate surface area is 139 Å². The summed E-state index contributed by atoms with van der Waals surface area (Å²) >= 11 is 0. The van der Waals surface area contributed by atoms with E-state index >= 15 is 0 Å². The summed E-state index contributed by atoms with van der Waals surface area (Å²) in [5.41, 5.74) is 0.819. The zero-order chi connectivity index (χ0) is 16.8. The molecule has 1 aromatic heterocycles. The van der Waals surface area contributed by atoms with Crippen molar-refractivity contribution in [2.24, 2.45) is 0 Å². The van der Waals surface area contributed by atoms with E-state index in [1.54, 1.807) is 0 Å². The summed E-state index contributed by atoms with van der Waals surface area (Å²) in [6.45, 7) is -0.155. The lowest BCUT2D eigenvalue weighted by Gasteiger charge is -2.22. The van der Waals surface area contributed by atoms with Gasteiger partial charge in [0, 0.05) is 11.6 Å². The molecule has 24 heavy (non-hydrogen) atoms. The van der Waals surface area contributed by atoms with Gasteiger partial charge in [-0.2, -0.15) is 4.80 Å². The number of nitrogens with one attached hydrogen (secondary N) is 2. The van der Waals surface area contributed by atoms with Gasteiger partial charge in [-0.15, -0.1) is 10.2 Å². The van der Waals surface area contributed by atoms with Crippen LogP contribution in [0.1, 0.15) is 32.1 Å². The van der Waals surface area contributed by atoms with Crippen LogP contribution in [0.5, 0.6) is 0 Å². The predicted octanol–water partition coefficient (Wildman–Crippen LogP) is 1.50. The maximum atomic E-state index is 11.9. The van der Waals surface area contributed by atoms with E-state index < -0.39 is 11.9 Å². The van der Waals surface area contributed by atoms with Gasteiger partial charge in [-0.05, 0) is 18.1 Å². The lowest BCUT2D eigenvalue weighted by molar-refractivity contribution is -0.121. The van der Waals surface area contributed by atoms with Crippen molar-refractivity contribution in [3.05, 3.63) is 30.3 Å². The van der Waals surface area contributed by atoms with Crippen molar-refractivity contribution in [2.45, 2.75) is 44.7 Å². The first-order valence-electron chi connectivity index (χ1n) is 8.14. The molecule has 0 bridgehead atoms. The first-order chi connectivity index (χ1) is 11.7. The number of hydrogen-bond donors (Lipinski definition) is 2. The smallest absolute Gasteiger partial charge is 0.321 e. The van der Waals surface area contributed by atoms with Crippen LogP contribution in [0.2, 0.25) is 0 Å². The lowest BCUT2D eigenvalue weighted by atomic mass is 9.96. The molecule has 1 aromatic carbocycles. The summed E-state index contributed by atoms with van der Waals surface area (Å²) < 4.78 is 0. The van der Waals surface area contributed by atoms with Crippen molar-refractivity contribution in [1.82, 2.24) is 30.8 Å². The summed E-state index contributed by atoms with van der Waals surface area (Å²) in [5.74, 6) is -0.0321. The molecule has 0 spiro atoms. The first kappa shape index (κ1) is 16.1. The molecule has 1 aliphatic carbocycles. The molecule has 1 aliphatic rings. The zero-order valence-electron chi connectivity index (χ0n) is 13.3. The molecule has 8 heteroatoms. The average Bonchev–Trinajstić information content (AvgIpc) is 3.04. The van der Waals surface area contributed by atoms with Crippen molar-refractivity contribution in [1.29, 1.82) is 0 Å². The molecule has 2 aromatic rings.